The van der Waals surface area contributed by atoms with Gasteiger partial charge in [-0.1, -0.05) is 18.3 Å². The van der Waals surface area contributed by atoms with E-state index in [0.717, 1.165) is 25.0 Å². The average Bonchev–Trinajstić information content (AvgIpc) is 2.32. The summed E-state index contributed by atoms with van der Waals surface area (Å²) in [4.78, 5) is 12.0. The molecule has 0 atom stereocenters. The minimum absolute atomic E-state index is 0.0958. The molecule has 0 aliphatic heterocycles. The molecule has 1 aromatic carbocycles. The molecule has 0 saturated carbocycles. The second-order valence-corrected chi connectivity index (χ2v) is 4.71. The summed E-state index contributed by atoms with van der Waals surface area (Å²) < 4.78 is 26.0. The van der Waals surface area contributed by atoms with E-state index < -0.39 is 11.6 Å². The monoisotopic (exact) mass is 286 g/mol. The summed E-state index contributed by atoms with van der Waals surface area (Å²) >= 11 is 4.73. The fourth-order valence-corrected chi connectivity index (χ4v) is 1.70. The molecule has 0 aliphatic carbocycles. The minimum Gasteiger partial charge on any atom is -0.393 e. The van der Waals surface area contributed by atoms with Crippen LogP contribution >= 0.6 is 12.2 Å². The highest BCUT2D eigenvalue weighted by atomic mass is 32.1. The molecule has 6 heteroatoms. The third kappa shape index (κ3) is 6.24. The summed E-state index contributed by atoms with van der Waals surface area (Å²) in [5.74, 6) is -1.65. The van der Waals surface area contributed by atoms with Crippen molar-refractivity contribution in [2.45, 2.75) is 25.7 Å². The van der Waals surface area contributed by atoms with Crippen molar-refractivity contribution >= 4 is 23.1 Å². The van der Waals surface area contributed by atoms with Crippen molar-refractivity contribution in [3.05, 3.63) is 35.4 Å². The normalized spacial score (nSPS) is 10.2. The van der Waals surface area contributed by atoms with Crippen molar-refractivity contribution in [3.63, 3.8) is 0 Å². The van der Waals surface area contributed by atoms with Crippen LogP contribution in [0, 0.1) is 11.6 Å². The van der Waals surface area contributed by atoms with Gasteiger partial charge in [0.2, 0.25) is 5.91 Å². The Morgan fingerprint density at radius 3 is 2.68 bits per heavy atom. The smallest absolute Gasteiger partial charge is 0.224 e. The zero-order valence-electron chi connectivity index (χ0n) is 10.4. The molecule has 0 aromatic heterocycles. The van der Waals surface area contributed by atoms with Crippen LogP contribution < -0.4 is 11.1 Å². The molecule has 1 amide bonds. The van der Waals surface area contributed by atoms with Gasteiger partial charge in [-0.15, -0.1) is 0 Å². The molecule has 1 rings (SSSR count). The number of unbranched alkanes of at least 4 members (excludes halogenated alkanes) is 1. The van der Waals surface area contributed by atoms with Gasteiger partial charge in [-0.05, 0) is 30.9 Å². The van der Waals surface area contributed by atoms with Crippen LogP contribution in [0.15, 0.2) is 18.2 Å². The number of benzene rings is 1. The highest BCUT2D eigenvalue weighted by Gasteiger charge is 2.08. The van der Waals surface area contributed by atoms with Gasteiger partial charge in [0.1, 0.15) is 11.6 Å². The summed E-state index contributed by atoms with van der Waals surface area (Å²) in [5, 5.41) is 2.66. The summed E-state index contributed by atoms with van der Waals surface area (Å²) in [7, 11) is 0. The van der Waals surface area contributed by atoms with Crippen molar-refractivity contribution in [2.24, 2.45) is 5.73 Å². The van der Waals surface area contributed by atoms with Crippen molar-refractivity contribution in [1.29, 1.82) is 0 Å². The quantitative estimate of drug-likeness (QED) is 0.596. The Labute approximate surface area is 116 Å². The summed E-state index contributed by atoms with van der Waals surface area (Å²) in [6.45, 7) is 0.490. The van der Waals surface area contributed by atoms with E-state index in [1.165, 1.54) is 6.07 Å². The van der Waals surface area contributed by atoms with Crippen molar-refractivity contribution in [1.82, 2.24) is 5.32 Å². The van der Waals surface area contributed by atoms with E-state index in [-0.39, 0.29) is 17.9 Å². The van der Waals surface area contributed by atoms with Crippen LogP contribution in [0.25, 0.3) is 0 Å². The number of nitrogens with two attached hydrogens (primary N) is 1. The number of hydrogen-bond donors (Lipinski definition) is 2. The van der Waals surface area contributed by atoms with Gasteiger partial charge in [-0.3, -0.25) is 4.79 Å². The lowest BCUT2D eigenvalue weighted by atomic mass is 10.1. The van der Waals surface area contributed by atoms with Crippen molar-refractivity contribution in [2.75, 3.05) is 6.54 Å². The molecule has 0 saturated heterocycles. The Bertz CT molecular complexity index is 466. The molecule has 3 N–H and O–H groups in total. The van der Waals surface area contributed by atoms with Crippen LogP contribution in [-0.2, 0) is 11.2 Å². The van der Waals surface area contributed by atoms with Crippen LogP contribution in [0.2, 0.25) is 0 Å². The first-order valence-electron chi connectivity index (χ1n) is 5.98. The first kappa shape index (κ1) is 15.5. The largest absolute Gasteiger partial charge is 0.393 e. The third-order valence-corrected chi connectivity index (χ3v) is 2.74. The number of carbonyl (C=O) groups excluding carboxylic acids is 1. The first-order valence-corrected chi connectivity index (χ1v) is 6.39. The Balaban J connectivity index is 2.29. The standard InChI is InChI=1S/C13H16F2N2OS/c14-10-5-4-9(11(15)8-10)7-13(18)17-6-2-1-3-12(16)19/h4-5,8H,1-3,6-7H2,(H2,16,19)(H,17,18). The molecule has 0 unspecified atom stereocenters. The van der Waals surface area contributed by atoms with E-state index in [1.807, 2.05) is 0 Å². The summed E-state index contributed by atoms with van der Waals surface area (Å²) in [6, 6.07) is 3.18. The summed E-state index contributed by atoms with van der Waals surface area (Å²) in [5.41, 5.74) is 5.52. The maximum atomic E-state index is 13.3. The van der Waals surface area contributed by atoms with Gasteiger partial charge in [0.25, 0.3) is 0 Å². The van der Waals surface area contributed by atoms with Crippen LogP contribution in [0.4, 0.5) is 8.78 Å². The molecule has 19 heavy (non-hydrogen) atoms. The molecule has 0 radical (unpaired) electrons. The highest BCUT2D eigenvalue weighted by molar-refractivity contribution is 7.80. The Morgan fingerprint density at radius 2 is 2.05 bits per heavy atom. The lowest BCUT2D eigenvalue weighted by Crippen LogP contribution is -2.26. The predicted octanol–water partition coefficient (Wildman–Crippen LogP) is 2.08. The molecule has 3 nitrogen and oxygen atoms in total. The number of rotatable bonds is 7. The summed E-state index contributed by atoms with van der Waals surface area (Å²) in [6.07, 6.45) is 2.12. The van der Waals surface area contributed by atoms with Crippen LogP contribution in [-0.4, -0.2) is 17.4 Å². The maximum Gasteiger partial charge on any atom is 0.224 e. The number of halogens is 2. The fourth-order valence-electron chi connectivity index (χ4n) is 1.55. The number of amides is 1. The van der Waals surface area contributed by atoms with E-state index in [2.05, 4.69) is 5.32 Å². The van der Waals surface area contributed by atoms with Crippen molar-refractivity contribution < 1.29 is 13.6 Å². The van der Waals surface area contributed by atoms with E-state index in [1.54, 1.807) is 0 Å². The van der Waals surface area contributed by atoms with E-state index >= 15 is 0 Å². The molecule has 0 bridgehead atoms. The lowest BCUT2D eigenvalue weighted by molar-refractivity contribution is -0.120. The number of nitrogens with one attached hydrogen (secondary N) is 1. The minimum atomic E-state index is -0.705. The molecule has 1 aromatic rings. The molecular formula is C13H16F2N2OS. The molecular weight excluding hydrogens is 270 g/mol. The van der Waals surface area contributed by atoms with Gasteiger partial charge < -0.3 is 11.1 Å². The molecule has 0 spiro atoms. The van der Waals surface area contributed by atoms with Gasteiger partial charge in [0.15, 0.2) is 0 Å². The Morgan fingerprint density at radius 1 is 1.32 bits per heavy atom. The second kappa shape index (κ2) is 7.78. The van der Waals surface area contributed by atoms with Gasteiger partial charge in [-0.2, -0.15) is 0 Å². The third-order valence-electron chi connectivity index (χ3n) is 2.54. The molecule has 0 aliphatic rings. The predicted molar refractivity (Wildman–Crippen MR) is 73.7 cm³/mol. The second-order valence-electron chi connectivity index (χ2n) is 4.19. The van der Waals surface area contributed by atoms with Crippen LogP contribution in [0.5, 0.6) is 0 Å². The van der Waals surface area contributed by atoms with Gasteiger partial charge in [0.05, 0.1) is 11.4 Å². The maximum absolute atomic E-state index is 13.3. The van der Waals surface area contributed by atoms with E-state index in [4.69, 9.17) is 18.0 Å². The van der Waals surface area contributed by atoms with Gasteiger partial charge in [0, 0.05) is 12.6 Å². The highest BCUT2D eigenvalue weighted by Crippen LogP contribution is 2.10. The topological polar surface area (TPSA) is 55.1 Å². The van der Waals surface area contributed by atoms with Gasteiger partial charge >= 0.3 is 0 Å². The zero-order chi connectivity index (χ0) is 14.3. The van der Waals surface area contributed by atoms with Crippen LogP contribution in [0.3, 0.4) is 0 Å². The lowest BCUT2D eigenvalue weighted by Gasteiger charge is -2.06. The molecule has 0 fully saturated rings. The Kier molecular flexibility index (Phi) is 6.35. The van der Waals surface area contributed by atoms with Gasteiger partial charge in [-0.25, -0.2) is 8.78 Å². The average molecular weight is 286 g/mol. The van der Waals surface area contributed by atoms with E-state index in [0.29, 0.717) is 18.0 Å². The van der Waals surface area contributed by atoms with Crippen molar-refractivity contribution in [3.8, 4) is 0 Å². The molecule has 0 heterocycles. The first-order chi connectivity index (χ1) is 8.99. The Hall–Kier alpha value is -1.56. The number of thiocarbonyl (C=S) groups is 1. The SMILES string of the molecule is NC(=S)CCCCNC(=O)Cc1ccc(F)cc1F. The fraction of sp³-hybridized carbons (Fsp3) is 0.385. The van der Waals surface area contributed by atoms with Crippen LogP contribution in [0.1, 0.15) is 24.8 Å². The number of carbonyl (C=O) groups is 1. The van der Waals surface area contributed by atoms with E-state index in [9.17, 15) is 13.6 Å². The number of hydrogen-bond acceptors (Lipinski definition) is 2. The molecule has 104 valence electrons. The zero-order valence-corrected chi connectivity index (χ0v) is 11.2.